The zero-order valence-corrected chi connectivity index (χ0v) is 5.04. The molecule has 4 nitrogen and oxygen atoms in total. The highest BCUT2D eigenvalue weighted by Crippen LogP contribution is 1.87. The topological polar surface area (TPSA) is 74.6 Å². The van der Waals surface area contributed by atoms with Gasteiger partial charge in [-0.25, -0.2) is 4.79 Å². The summed E-state index contributed by atoms with van der Waals surface area (Å²) in [7, 11) is 0. The van der Waals surface area contributed by atoms with Crippen molar-refractivity contribution >= 4 is 11.9 Å². The molecule has 0 atom stereocenters. The third-order valence-electron chi connectivity index (χ3n) is 0.187. The maximum atomic E-state index is 10.6. The highest BCUT2D eigenvalue weighted by atomic mass is 19.3. The van der Waals surface area contributed by atoms with Crippen molar-refractivity contribution in [2.45, 2.75) is 13.3 Å². The number of carboxylic acids is 2. The van der Waals surface area contributed by atoms with Crippen molar-refractivity contribution in [1.29, 1.82) is 0 Å². The number of alkyl halides is 2. The van der Waals surface area contributed by atoms with Gasteiger partial charge in [0.15, 0.2) is 0 Å². The molecule has 0 aliphatic carbocycles. The molecule has 0 saturated carbocycles. The summed E-state index contributed by atoms with van der Waals surface area (Å²) in [6, 6.07) is 0. The summed E-state index contributed by atoms with van der Waals surface area (Å²) < 4.78 is 21.1. The van der Waals surface area contributed by atoms with Crippen LogP contribution in [0.3, 0.4) is 0 Å². The summed E-state index contributed by atoms with van der Waals surface area (Å²) >= 11 is 0. The summed E-state index contributed by atoms with van der Waals surface area (Å²) in [4.78, 5) is 17.9. The van der Waals surface area contributed by atoms with Crippen LogP contribution in [0, 0.1) is 0 Å². The lowest BCUT2D eigenvalue weighted by atomic mass is 10.7. The molecule has 0 spiro atoms. The molecule has 0 aromatic carbocycles. The van der Waals surface area contributed by atoms with Crippen LogP contribution in [-0.4, -0.2) is 28.6 Å². The van der Waals surface area contributed by atoms with E-state index in [2.05, 4.69) is 0 Å². The molecule has 6 heteroatoms. The largest absolute Gasteiger partial charge is 0.481 e. The van der Waals surface area contributed by atoms with Gasteiger partial charge in [0.2, 0.25) is 0 Å². The first kappa shape index (κ1) is 11.6. The Bertz CT molecular complexity index is 118. The molecule has 0 fully saturated rings. The average molecular weight is 156 g/mol. The molecule has 0 saturated heterocycles. The molecule has 10 heavy (non-hydrogen) atoms. The Morgan fingerprint density at radius 3 is 1.40 bits per heavy atom. The Hall–Kier alpha value is -1.20. The fourth-order valence-electron chi connectivity index (χ4n) is 0. The van der Waals surface area contributed by atoms with Gasteiger partial charge in [-0.05, 0) is 0 Å². The lowest BCUT2D eigenvalue weighted by Gasteiger charge is -1.81. The molecule has 0 radical (unpaired) electrons. The van der Waals surface area contributed by atoms with E-state index in [4.69, 9.17) is 19.8 Å². The highest BCUT2D eigenvalue weighted by molar-refractivity contribution is 5.70. The van der Waals surface area contributed by atoms with Crippen molar-refractivity contribution in [3.8, 4) is 0 Å². The molecule has 0 aliphatic heterocycles. The standard InChI is InChI=1S/C2H2F2O2.C2H4O2/c3-1(4)2(5)6;1-2(3)4/h1H,(H,5,6);1H3,(H,3,4). The second-order valence-corrected chi connectivity index (χ2v) is 1.16. The first-order valence-corrected chi connectivity index (χ1v) is 2.08. The molecule has 0 rings (SSSR count). The number of hydrogen-bond acceptors (Lipinski definition) is 2. The third kappa shape index (κ3) is 29.2. The number of aliphatic carboxylic acids is 2. The van der Waals surface area contributed by atoms with E-state index in [1.807, 2.05) is 0 Å². The van der Waals surface area contributed by atoms with Crippen molar-refractivity contribution in [2.24, 2.45) is 0 Å². The van der Waals surface area contributed by atoms with Crippen molar-refractivity contribution in [3.05, 3.63) is 0 Å². The summed E-state index contributed by atoms with van der Waals surface area (Å²) in [6.45, 7) is 1.08. The molecule has 0 amide bonds. The quantitative estimate of drug-likeness (QED) is 0.577. The van der Waals surface area contributed by atoms with Gasteiger partial charge in [-0.3, -0.25) is 4.79 Å². The number of hydrogen-bond donors (Lipinski definition) is 2. The lowest BCUT2D eigenvalue weighted by Crippen LogP contribution is -2.06. The van der Waals surface area contributed by atoms with Crippen molar-refractivity contribution in [3.63, 3.8) is 0 Å². The van der Waals surface area contributed by atoms with Crippen molar-refractivity contribution in [2.75, 3.05) is 0 Å². The van der Waals surface area contributed by atoms with Crippen LogP contribution in [-0.2, 0) is 9.59 Å². The fourth-order valence-corrected chi connectivity index (χ4v) is 0. The van der Waals surface area contributed by atoms with E-state index in [-0.39, 0.29) is 0 Å². The van der Waals surface area contributed by atoms with Crippen LogP contribution < -0.4 is 0 Å². The maximum Gasteiger partial charge on any atom is 0.371 e. The molecule has 0 bridgehead atoms. The molecule has 0 unspecified atom stereocenters. The Kier molecular flexibility index (Phi) is 6.86. The van der Waals surface area contributed by atoms with Crippen LogP contribution in [0.25, 0.3) is 0 Å². The SMILES string of the molecule is CC(=O)O.O=C(O)C(F)F. The Balaban J connectivity index is 0. The van der Waals surface area contributed by atoms with Gasteiger partial charge in [0.25, 0.3) is 5.97 Å². The minimum absolute atomic E-state index is 0.833. The van der Waals surface area contributed by atoms with Crippen molar-refractivity contribution in [1.82, 2.24) is 0 Å². The zero-order chi connectivity index (χ0) is 8.73. The Morgan fingerprint density at radius 2 is 1.40 bits per heavy atom. The average Bonchev–Trinajstić information content (AvgIpc) is 1.63. The van der Waals surface area contributed by atoms with Gasteiger partial charge >= 0.3 is 12.4 Å². The summed E-state index contributed by atoms with van der Waals surface area (Å²) in [5.41, 5.74) is 0. The first-order valence-electron chi connectivity index (χ1n) is 2.08. The molecular formula is C4H6F2O4. The second kappa shape index (κ2) is 5.93. The summed E-state index contributed by atoms with van der Waals surface area (Å²) in [5, 5.41) is 14.7. The fraction of sp³-hybridized carbons (Fsp3) is 0.500. The molecule has 0 aromatic heterocycles. The van der Waals surface area contributed by atoms with Gasteiger partial charge in [-0.15, -0.1) is 0 Å². The van der Waals surface area contributed by atoms with Gasteiger partial charge in [0.1, 0.15) is 0 Å². The minimum Gasteiger partial charge on any atom is -0.481 e. The van der Waals surface area contributed by atoms with Crippen LogP contribution in [0.4, 0.5) is 8.78 Å². The van der Waals surface area contributed by atoms with Crippen molar-refractivity contribution < 1.29 is 28.6 Å². The van der Waals surface area contributed by atoms with E-state index >= 15 is 0 Å². The normalized spacial score (nSPS) is 8.00. The van der Waals surface area contributed by atoms with Gasteiger partial charge in [-0.2, -0.15) is 8.78 Å². The van der Waals surface area contributed by atoms with E-state index in [9.17, 15) is 8.78 Å². The van der Waals surface area contributed by atoms with E-state index < -0.39 is 18.4 Å². The molecule has 2 N–H and O–H groups in total. The Labute approximate surface area is 55.1 Å². The number of rotatable bonds is 1. The maximum absolute atomic E-state index is 10.6. The smallest absolute Gasteiger partial charge is 0.371 e. The number of carboxylic acid groups (broad SMARTS) is 2. The van der Waals surface area contributed by atoms with Crippen LogP contribution in [0.2, 0.25) is 0 Å². The van der Waals surface area contributed by atoms with E-state index in [1.165, 1.54) is 0 Å². The van der Waals surface area contributed by atoms with Gasteiger partial charge in [0, 0.05) is 6.92 Å². The Morgan fingerprint density at radius 1 is 1.30 bits per heavy atom. The first-order chi connectivity index (χ1) is 4.37. The predicted octanol–water partition coefficient (Wildman–Crippen LogP) is 0.427. The van der Waals surface area contributed by atoms with Gasteiger partial charge in [-0.1, -0.05) is 0 Å². The molecule has 0 aliphatic rings. The van der Waals surface area contributed by atoms with Crippen LogP contribution in [0.5, 0.6) is 0 Å². The zero-order valence-electron chi connectivity index (χ0n) is 5.04. The minimum atomic E-state index is -3.23. The molecular weight excluding hydrogens is 150 g/mol. The van der Waals surface area contributed by atoms with Crippen LogP contribution in [0.15, 0.2) is 0 Å². The van der Waals surface area contributed by atoms with Gasteiger partial charge < -0.3 is 10.2 Å². The highest BCUT2D eigenvalue weighted by Gasteiger charge is 2.10. The monoisotopic (exact) mass is 156 g/mol. The van der Waals surface area contributed by atoms with E-state index in [0.29, 0.717) is 0 Å². The van der Waals surface area contributed by atoms with E-state index in [0.717, 1.165) is 6.92 Å². The summed E-state index contributed by atoms with van der Waals surface area (Å²) in [5.74, 6) is -2.91. The predicted molar refractivity (Wildman–Crippen MR) is 26.9 cm³/mol. The van der Waals surface area contributed by atoms with Crippen LogP contribution in [0.1, 0.15) is 6.92 Å². The molecule has 60 valence electrons. The van der Waals surface area contributed by atoms with Gasteiger partial charge in [0.05, 0.1) is 0 Å². The second-order valence-electron chi connectivity index (χ2n) is 1.16. The number of carbonyl (C=O) groups is 2. The third-order valence-corrected chi connectivity index (χ3v) is 0.187. The molecule has 0 aromatic rings. The van der Waals surface area contributed by atoms with E-state index in [1.54, 1.807) is 0 Å². The molecule has 0 heterocycles. The lowest BCUT2D eigenvalue weighted by molar-refractivity contribution is -0.149. The number of halogens is 2. The summed E-state index contributed by atoms with van der Waals surface area (Å²) in [6.07, 6.45) is -3.23. The van der Waals surface area contributed by atoms with Crippen LogP contribution >= 0.6 is 0 Å².